The Hall–Kier alpha value is -1.37. The Kier molecular flexibility index (Phi) is 6.70. The van der Waals surface area contributed by atoms with Gasteiger partial charge in [0.1, 0.15) is 0 Å². The molecule has 20 heavy (non-hydrogen) atoms. The maximum Gasteiger partial charge on any atom is 0.179 e. The number of hydrogen-bond acceptors (Lipinski definition) is 3. The highest BCUT2D eigenvalue weighted by Crippen LogP contribution is 2.19. The summed E-state index contributed by atoms with van der Waals surface area (Å²) in [7, 11) is 0. The SMILES string of the molecule is CCCC(C(=O)c1ccc(C#N)cc1)N1CCCC1.Cl. The number of hydrogen-bond donors (Lipinski definition) is 0. The summed E-state index contributed by atoms with van der Waals surface area (Å²) in [5, 5.41) is 8.79. The van der Waals surface area contributed by atoms with Crippen LogP contribution >= 0.6 is 12.4 Å². The van der Waals surface area contributed by atoms with Gasteiger partial charge in [0.05, 0.1) is 17.7 Å². The number of nitrogens with zero attached hydrogens (tertiary/aromatic N) is 2. The molecular formula is C16H21ClN2O. The molecule has 1 unspecified atom stereocenters. The summed E-state index contributed by atoms with van der Waals surface area (Å²) in [4.78, 5) is 14.9. The number of halogens is 1. The lowest BCUT2D eigenvalue weighted by Crippen LogP contribution is -2.39. The summed E-state index contributed by atoms with van der Waals surface area (Å²) >= 11 is 0. The van der Waals surface area contributed by atoms with E-state index in [-0.39, 0.29) is 24.2 Å². The quantitative estimate of drug-likeness (QED) is 0.781. The third kappa shape index (κ3) is 3.82. The highest BCUT2D eigenvalue weighted by molar-refractivity contribution is 6.00. The van der Waals surface area contributed by atoms with Gasteiger partial charge in [-0.15, -0.1) is 12.4 Å². The van der Waals surface area contributed by atoms with Crippen LogP contribution in [0, 0.1) is 11.3 Å². The molecule has 3 nitrogen and oxygen atoms in total. The molecule has 0 saturated carbocycles. The number of carbonyl (C=O) groups excluding carboxylic acids is 1. The summed E-state index contributed by atoms with van der Waals surface area (Å²) in [5.41, 5.74) is 1.33. The van der Waals surface area contributed by atoms with E-state index in [0.717, 1.165) is 31.5 Å². The maximum atomic E-state index is 12.6. The van der Waals surface area contributed by atoms with E-state index in [1.807, 2.05) is 0 Å². The van der Waals surface area contributed by atoms with Crippen LogP contribution < -0.4 is 0 Å². The molecule has 1 aromatic rings. The first-order chi connectivity index (χ1) is 9.26. The lowest BCUT2D eigenvalue weighted by Gasteiger charge is -2.26. The number of ketones is 1. The van der Waals surface area contributed by atoms with Crippen molar-refractivity contribution in [2.45, 2.75) is 38.6 Å². The topological polar surface area (TPSA) is 44.1 Å². The van der Waals surface area contributed by atoms with Crippen molar-refractivity contribution in [1.29, 1.82) is 5.26 Å². The lowest BCUT2D eigenvalue weighted by molar-refractivity contribution is 0.0837. The van der Waals surface area contributed by atoms with E-state index in [0.29, 0.717) is 5.56 Å². The molecule has 1 saturated heterocycles. The van der Waals surface area contributed by atoms with E-state index in [2.05, 4.69) is 17.9 Å². The second kappa shape index (κ2) is 8.04. The zero-order valence-electron chi connectivity index (χ0n) is 11.8. The van der Waals surface area contributed by atoms with Crippen LogP contribution in [0.2, 0.25) is 0 Å². The Morgan fingerprint density at radius 2 is 1.90 bits per heavy atom. The number of carbonyl (C=O) groups is 1. The van der Waals surface area contributed by atoms with Crippen molar-refractivity contribution < 1.29 is 4.79 Å². The number of rotatable bonds is 5. The third-order valence-corrected chi connectivity index (χ3v) is 3.74. The normalized spacial score (nSPS) is 16.2. The summed E-state index contributed by atoms with van der Waals surface area (Å²) in [6, 6.07) is 9.09. The van der Waals surface area contributed by atoms with Gasteiger partial charge in [-0.3, -0.25) is 9.69 Å². The molecule has 1 aliphatic heterocycles. The molecule has 1 fully saturated rings. The second-order valence-electron chi connectivity index (χ2n) is 5.10. The Bertz CT molecular complexity index is 472. The first kappa shape index (κ1) is 16.7. The van der Waals surface area contributed by atoms with Crippen LogP contribution in [-0.4, -0.2) is 29.8 Å². The molecule has 2 rings (SSSR count). The molecule has 108 valence electrons. The first-order valence-electron chi connectivity index (χ1n) is 7.04. The molecule has 1 aromatic carbocycles. The predicted octanol–water partition coefficient (Wildman–Crippen LogP) is 3.43. The standard InChI is InChI=1S/C16H20N2O.ClH/c1-2-5-15(18-10-3-4-11-18)16(19)14-8-6-13(12-17)7-9-14;/h6-9,15H,2-5,10-11H2,1H3;1H. The van der Waals surface area contributed by atoms with E-state index in [4.69, 9.17) is 5.26 Å². The molecule has 0 bridgehead atoms. The van der Waals surface area contributed by atoms with Crippen molar-refractivity contribution in [3.8, 4) is 6.07 Å². The van der Waals surface area contributed by atoms with Crippen LogP contribution in [0.15, 0.2) is 24.3 Å². The Balaban J connectivity index is 0.00000200. The molecule has 0 spiro atoms. The van der Waals surface area contributed by atoms with Crippen molar-refractivity contribution >= 4 is 18.2 Å². The van der Waals surface area contributed by atoms with Crippen molar-refractivity contribution in [3.63, 3.8) is 0 Å². The Morgan fingerprint density at radius 3 is 2.40 bits per heavy atom. The molecule has 0 aliphatic carbocycles. The molecule has 0 radical (unpaired) electrons. The minimum atomic E-state index is 0. The molecule has 1 atom stereocenters. The summed E-state index contributed by atoms with van der Waals surface area (Å²) in [5.74, 6) is 0.202. The molecule has 1 aliphatic rings. The number of nitriles is 1. The van der Waals surface area contributed by atoms with Gasteiger partial charge in [-0.1, -0.05) is 25.5 Å². The van der Waals surface area contributed by atoms with Crippen LogP contribution in [0.25, 0.3) is 0 Å². The zero-order chi connectivity index (χ0) is 13.7. The van der Waals surface area contributed by atoms with Crippen molar-refractivity contribution in [1.82, 2.24) is 4.90 Å². The van der Waals surface area contributed by atoms with Gasteiger partial charge in [0.25, 0.3) is 0 Å². The van der Waals surface area contributed by atoms with Gasteiger partial charge < -0.3 is 0 Å². The van der Waals surface area contributed by atoms with Crippen molar-refractivity contribution in [2.75, 3.05) is 13.1 Å². The maximum absolute atomic E-state index is 12.6. The zero-order valence-corrected chi connectivity index (χ0v) is 12.7. The average molecular weight is 293 g/mol. The van der Waals surface area contributed by atoms with Crippen molar-refractivity contribution in [3.05, 3.63) is 35.4 Å². The molecule has 4 heteroatoms. The van der Waals surface area contributed by atoms with Gasteiger partial charge in [-0.2, -0.15) is 5.26 Å². The molecule has 0 N–H and O–H groups in total. The third-order valence-electron chi connectivity index (χ3n) is 3.74. The molecular weight excluding hydrogens is 272 g/mol. The van der Waals surface area contributed by atoms with Gasteiger partial charge in [-0.25, -0.2) is 0 Å². The van der Waals surface area contributed by atoms with Crippen LogP contribution in [0.5, 0.6) is 0 Å². The van der Waals surface area contributed by atoms with Gasteiger partial charge in [0.15, 0.2) is 5.78 Å². The molecule has 0 amide bonds. The highest BCUT2D eigenvalue weighted by Gasteiger charge is 2.27. The lowest BCUT2D eigenvalue weighted by atomic mass is 9.98. The Morgan fingerprint density at radius 1 is 1.30 bits per heavy atom. The number of likely N-dealkylation sites (tertiary alicyclic amines) is 1. The highest BCUT2D eigenvalue weighted by atomic mass is 35.5. The smallest absolute Gasteiger partial charge is 0.179 e. The molecule has 0 aromatic heterocycles. The first-order valence-corrected chi connectivity index (χ1v) is 7.04. The fourth-order valence-corrected chi connectivity index (χ4v) is 2.71. The summed E-state index contributed by atoms with van der Waals surface area (Å²) < 4.78 is 0. The fourth-order valence-electron chi connectivity index (χ4n) is 2.71. The van der Waals surface area contributed by atoms with E-state index >= 15 is 0 Å². The van der Waals surface area contributed by atoms with Gasteiger partial charge in [0.2, 0.25) is 0 Å². The van der Waals surface area contributed by atoms with E-state index in [1.165, 1.54) is 12.8 Å². The van der Waals surface area contributed by atoms with Crippen LogP contribution in [0.1, 0.15) is 48.5 Å². The van der Waals surface area contributed by atoms with Gasteiger partial charge in [0, 0.05) is 5.56 Å². The van der Waals surface area contributed by atoms with Crippen LogP contribution in [0.3, 0.4) is 0 Å². The average Bonchev–Trinajstić information content (AvgIpc) is 2.98. The minimum Gasteiger partial charge on any atom is -0.293 e. The van der Waals surface area contributed by atoms with Crippen LogP contribution in [-0.2, 0) is 0 Å². The van der Waals surface area contributed by atoms with Crippen LogP contribution in [0.4, 0.5) is 0 Å². The monoisotopic (exact) mass is 292 g/mol. The summed E-state index contributed by atoms with van der Waals surface area (Å²) in [6.45, 7) is 4.19. The fraction of sp³-hybridized carbons (Fsp3) is 0.500. The van der Waals surface area contributed by atoms with E-state index in [1.54, 1.807) is 24.3 Å². The number of benzene rings is 1. The van der Waals surface area contributed by atoms with Gasteiger partial charge >= 0.3 is 0 Å². The number of Topliss-reactive ketones (excluding diaryl/α,β-unsaturated/α-hetero) is 1. The van der Waals surface area contributed by atoms with E-state index < -0.39 is 0 Å². The van der Waals surface area contributed by atoms with Crippen molar-refractivity contribution in [2.24, 2.45) is 0 Å². The molecule has 1 heterocycles. The van der Waals surface area contributed by atoms with E-state index in [9.17, 15) is 4.79 Å². The largest absolute Gasteiger partial charge is 0.293 e. The Labute approximate surface area is 127 Å². The summed E-state index contributed by atoms with van der Waals surface area (Å²) in [6.07, 6.45) is 4.32. The predicted molar refractivity (Wildman–Crippen MR) is 82.2 cm³/mol. The second-order valence-corrected chi connectivity index (χ2v) is 5.10. The van der Waals surface area contributed by atoms with Gasteiger partial charge in [-0.05, 0) is 44.5 Å². The minimum absolute atomic E-state index is 0.